The Bertz CT molecular complexity index is 928. The largest absolute Gasteiger partial charge is 0.490 e. The summed E-state index contributed by atoms with van der Waals surface area (Å²) in [7, 11) is 1.83. The van der Waals surface area contributed by atoms with Gasteiger partial charge in [-0.2, -0.15) is 26.3 Å². The molecule has 17 heteroatoms. The van der Waals surface area contributed by atoms with Crippen molar-refractivity contribution in [2.45, 2.75) is 24.3 Å². The Morgan fingerprint density at radius 2 is 1.64 bits per heavy atom. The number of piperazine rings is 1. The molecule has 2 saturated heterocycles. The molecule has 11 nitrogen and oxygen atoms in total. The normalized spacial score (nSPS) is 20.2. The number of aliphatic carboxylic acids is 2. The van der Waals surface area contributed by atoms with E-state index in [1.54, 1.807) is 9.80 Å². The van der Waals surface area contributed by atoms with Gasteiger partial charge in [-0.25, -0.2) is 14.6 Å². The van der Waals surface area contributed by atoms with E-state index in [2.05, 4.69) is 21.4 Å². The minimum absolute atomic E-state index is 0.0977. The molecule has 2 fully saturated rings. The van der Waals surface area contributed by atoms with Crippen LogP contribution in [0.15, 0.2) is 25.2 Å². The van der Waals surface area contributed by atoms with E-state index in [4.69, 9.17) is 19.8 Å². The SMILES string of the molecule is C=CCN1CCN(C)C(=O)C12CCN(C(=O)c1cnc[nH]1)C2.O=C(O)C(F)(F)F.O=C(O)C(F)(F)F. The van der Waals surface area contributed by atoms with Gasteiger partial charge in [-0.3, -0.25) is 14.5 Å². The quantitative estimate of drug-likeness (QED) is 0.390. The number of rotatable bonds is 3. The van der Waals surface area contributed by atoms with Crippen LogP contribution >= 0.6 is 0 Å². The van der Waals surface area contributed by atoms with Crippen LogP contribution in [0.5, 0.6) is 0 Å². The van der Waals surface area contributed by atoms with Crippen molar-refractivity contribution in [2.75, 3.05) is 39.8 Å². The van der Waals surface area contributed by atoms with Crippen molar-refractivity contribution >= 4 is 23.8 Å². The summed E-state index contributed by atoms with van der Waals surface area (Å²) in [5.74, 6) is -5.52. The number of carboxylic acids is 2. The summed E-state index contributed by atoms with van der Waals surface area (Å²) in [5.41, 5.74) is -0.152. The van der Waals surface area contributed by atoms with Crippen LogP contribution in [-0.4, -0.2) is 116 Å². The lowest BCUT2D eigenvalue weighted by Gasteiger charge is -2.46. The summed E-state index contributed by atoms with van der Waals surface area (Å²) in [6.07, 6.45) is -4.68. The van der Waals surface area contributed by atoms with Crippen molar-refractivity contribution in [1.82, 2.24) is 24.7 Å². The average molecular weight is 531 g/mol. The number of hydrogen-bond donors (Lipinski definition) is 3. The van der Waals surface area contributed by atoms with Crippen LogP contribution in [0.2, 0.25) is 0 Å². The number of alkyl halides is 6. The molecule has 1 unspecified atom stereocenters. The fourth-order valence-electron chi connectivity index (χ4n) is 3.44. The van der Waals surface area contributed by atoms with Crippen LogP contribution in [0.1, 0.15) is 16.9 Å². The highest BCUT2D eigenvalue weighted by atomic mass is 19.4. The van der Waals surface area contributed by atoms with Gasteiger partial charge >= 0.3 is 24.3 Å². The van der Waals surface area contributed by atoms with Crippen molar-refractivity contribution in [3.8, 4) is 0 Å². The predicted octanol–water partition coefficient (Wildman–Crippen LogP) is 1.22. The van der Waals surface area contributed by atoms with Gasteiger partial charge in [0.05, 0.1) is 12.5 Å². The van der Waals surface area contributed by atoms with Crippen LogP contribution in [0.25, 0.3) is 0 Å². The van der Waals surface area contributed by atoms with Crippen molar-refractivity contribution in [3.63, 3.8) is 0 Å². The van der Waals surface area contributed by atoms with Gasteiger partial charge in [0.2, 0.25) is 5.91 Å². The molecule has 0 saturated carbocycles. The van der Waals surface area contributed by atoms with Crippen molar-refractivity contribution < 1.29 is 55.7 Å². The summed E-state index contributed by atoms with van der Waals surface area (Å²) < 4.78 is 63.5. The second-order valence-corrected chi connectivity index (χ2v) is 7.54. The third kappa shape index (κ3) is 7.69. The summed E-state index contributed by atoms with van der Waals surface area (Å²) in [4.78, 5) is 55.4. The summed E-state index contributed by atoms with van der Waals surface area (Å²) in [5, 5.41) is 14.2. The molecule has 3 heterocycles. The number of carbonyl (C=O) groups is 4. The van der Waals surface area contributed by atoms with Crippen molar-refractivity contribution in [3.05, 3.63) is 30.9 Å². The van der Waals surface area contributed by atoms with Gasteiger partial charge in [-0.05, 0) is 6.42 Å². The fraction of sp³-hybridized carbons (Fsp3) is 0.526. The number of halogens is 6. The monoisotopic (exact) mass is 531 g/mol. The van der Waals surface area contributed by atoms with Crippen LogP contribution in [-0.2, 0) is 14.4 Å². The molecule has 0 aromatic carbocycles. The number of amides is 2. The highest BCUT2D eigenvalue weighted by Crippen LogP contribution is 2.33. The Morgan fingerprint density at radius 3 is 2.06 bits per heavy atom. The molecule has 1 aromatic heterocycles. The lowest BCUT2D eigenvalue weighted by atomic mass is 9.91. The van der Waals surface area contributed by atoms with E-state index >= 15 is 0 Å². The van der Waals surface area contributed by atoms with Gasteiger partial charge in [0.1, 0.15) is 11.2 Å². The molecule has 3 N–H and O–H groups in total. The third-order valence-electron chi connectivity index (χ3n) is 5.15. The highest BCUT2D eigenvalue weighted by molar-refractivity contribution is 5.94. The third-order valence-corrected chi connectivity index (χ3v) is 5.15. The van der Waals surface area contributed by atoms with E-state index in [9.17, 15) is 35.9 Å². The fourth-order valence-corrected chi connectivity index (χ4v) is 3.44. The predicted molar refractivity (Wildman–Crippen MR) is 109 cm³/mol. The van der Waals surface area contributed by atoms with Crippen LogP contribution in [0.4, 0.5) is 26.3 Å². The number of imidazole rings is 1. The molecular formula is C19H23F6N5O6. The molecule has 3 rings (SSSR count). The van der Waals surface area contributed by atoms with Gasteiger partial charge < -0.3 is 25.0 Å². The number of carbonyl (C=O) groups excluding carboxylic acids is 2. The van der Waals surface area contributed by atoms with E-state index < -0.39 is 29.8 Å². The van der Waals surface area contributed by atoms with Gasteiger partial charge in [0.25, 0.3) is 5.91 Å². The van der Waals surface area contributed by atoms with Gasteiger partial charge in [-0.1, -0.05) is 6.08 Å². The second-order valence-electron chi connectivity index (χ2n) is 7.54. The number of nitrogens with one attached hydrogen (secondary N) is 1. The first-order chi connectivity index (χ1) is 16.5. The van der Waals surface area contributed by atoms with Crippen LogP contribution in [0, 0.1) is 0 Å². The number of nitrogens with zero attached hydrogens (tertiary/aromatic N) is 4. The minimum atomic E-state index is -5.08. The smallest absolute Gasteiger partial charge is 0.475 e. The van der Waals surface area contributed by atoms with Gasteiger partial charge in [0.15, 0.2) is 0 Å². The number of H-pyrrole nitrogens is 1. The maximum atomic E-state index is 12.8. The molecule has 1 atom stereocenters. The van der Waals surface area contributed by atoms with Crippen LogP contribution in [0.3, 0.4) is 0 Å². The first-order valence-corrected chi connectivity index (χ1v) is 9.96. The Balaban J connectivity index is 0.000000383. The molecule has 0 bridgehead atoms. The van der Waals surface area contributed by atoms with E-state index in [1.807, 2.05) is 13.1 Å². The molecule has 0 aliphatic carbocycles. The Morgan fingerprint density at radius 1 is 1.11 bits per heavy atom. The number of likely N-dealkylation sites (tertiary alicyclic amines) is 1. The number of hydrogen-bond acceptors (Lipinski definition) is 6. The number of carboxylic acid groups (broad SMARTS) is 2. The lowest BCUT2D eigenvalue weighted by molar-refractivity contribution is -0.193. The first kappa shape index (κ1) is 30.4. The minimum Gasteiger partial charge on any atom is -0.475 e. The van der Waals surface area contributed by atoms with Crippen molar-refractivity contribution in [1.29, 1.82) is 0 Å². The topological polar surface area (TPSA) is 147 Å². The zero-order chi connectivity index (χ0) is 27.9. The highest BCUT2D eigenvalue weighted by Gasteiger charge is 2.53. The molecule has 0 radical (unpaired) electrons. The Hall–Kier alpha value is -3.63. The summed E-state index contributed by atoms with van der Waals surface area (Å²) >= 11 is 0. The number of aromatic amines is 1. The molecule has 1 spiro atoms. The zero-order valence-electron chi connectivity index (χ0n) is 18.8. The zero-order valence-corrected chi connectivity index (χ0v) is 18.8. The molecule has 36 heavy (non-hydrogen) atoms. The lowest BCUT2D eigenvalue weighted by Crippen LogP contribution is -2.66. The van der Waals surface area contributed by atoms with Crippen molar-refractivity contribution in [2.24, 2.45) is 0 Å². The number of likely N-dealkylation sites (N-methyl/N-ethyl adjacent to an activating group) is 1. The van der Waals surface area contributed by atoms with E-state index in [1.165, 1.54) is 12.5 Å². The van der Waals surface area contributed by atoms with E-state index in [-0.39, 0.29) is 11.8 Å². The Kier molecular flexibility index (Phi) is 10.0. The van der Waals surface area contributed by atoms with Gasteiger partial charge in [-0.15, -0.1) is 6.58 Å². The van der Waals surface area contributed by atoms with E-state index in [0.29, 0.717) is 38.3 Å². The maximum absolute atomic E-state index is 12.8. The summed E-state index contributed by atoms with van der Waals surface area (Å²) in [6, 6.07) is 0. The van der Waals surface area contributed by atoms with Crippen LogP contribution < -0.4 is 0 Å². The van der Waals surface area contributed by atoms with Gasteiger partial charge in [0, 0.05) is 39.8 Å². The first-order valence-electron chi connectivity index (χ1n) is 9.96. The molecule has 1 aromatic rings. The van der Waals surface area contributed by atoms with E-state index in [0.717, 1.165) is 6.54 Å². The maximum Gasteiger partial charge on any atom is 0.490 e. The standard InChI is InChI=1S/C15H21N5O2.2C2HF3O2/c1-3-5-20-8-7-18(2)14(22)15(20)4-6-19(10-15)13(21)12-9-16-11-17-12;2*3-2(4,5)1(6)7/h3,9,11H,1,4-8,10H2,2H3,(H,16,17);2*(H,6,7). The molecular weight excluding hydrogens is 508 g/mol. The molecule has 2 aliphatic heterocycles. The molecule has 2 amide bonds. The average Bonchev–Trinajstić information content (AvgIpc) is 3.45. The number of aromatic nitrogens is 2. The molecule has 2 aliphatic rings. The Labute approximate surface area is 200 Å². The molecule has 202 valence electrons. The summed E-state index contributed by atoms with van der Waals surface area (Å²) in [6.45, 7) is 6.96. The second kappa shape index (κ2) is 11.9.